The first kappa shape index (κ1) is 40.0. The molecule has 0 N–H and O–H groups in total. The van der Waals surface area contributed by atoms with Crippen LogP contribution in [0.3, 0.4) is 0 Å². The van der Waals surface area contributed by atoms with Gasteiger partial charge in [-0.05, 0) is 109 Å². The predicted octanol–water partition coefficient (Wildman–Crippen LogP) is 14.1. The minimum absolute atomic E-state index is 1.09. The van der Waals surface area contributed by atoms with Crippen LogP contribution in [0.2, 0.25) is 0 Å². The number of para-hydroxylation sites is 2. The maximum atomic E-state index is 2.42. The van der Waals surface area contributed by atoms with Crippen molar-refractivity contribution in [1.82, 2.24) is 4.57 Å². The summed E-state index contributed by atoms with van der Waals surface area (Å²) >= 11 is 0. The Labute approximate surface area is 392 Å². The largest absolute Gasteiger partial charge is 0.310 e. The molecule has 0 aliphatic heterocycles. The van der Waals surface area contributed by atoms with Crippen LogP contribution in [0, 0.1) is 0 Å². The molecule has 0 bridgehead atoms. The Morgan fingerprint density at radius 3 is 1.43 bits per heavy atom. The van der Waals surface area contributed by atoms with Crippen LogP contribution in [-0.4, -0.2) is 12.6 Å². The summed E-state index contributed by atoms with van der Waals surface area (Å²) in [6.07, 6.45) is 0. The molecule has 12 rings (SSSR count). The number of rotatable bonds is 10. The molecule has 1 heterocycles. The molecule has 316 valence electrons. The van der Waals surface area contributed by atoms with E-state index < -0.39 is 8.07 Å². The van der Waals surface area contributed by atoms with Gasteiger partial charge in [0.2, 0.25) is 0 Å². The van der Waals surface area contributed by atoms with Crippen molar-refractivity contribution in [3.8, 4) is 27.9 Å². The van der Waals surface area contributed by atoms with E-state index in [9.17, 15) is 0 Å². The van der Waals surface area contributed by atoms with Crippen molar-refractivity contribution in [2.24, 2.45) is 0 Å². The molecule has 0 unspecified atom stereocenters. The normalized spacial score (nSPS) is 11.6. The Hall–Kier alpha value is -8.50. The van der Waals surface area contributed by atoms with E-state index in [2.05, 4.69) is 289 Å². The Balaban J connectivity index is 0.983. The second kappa shape index (κ2) is 17.1. The van der Waals surface area contributed by atoms with E-state index in [1.807, 2.05) is 0 Å². The average molecular weight is 871 g/mol. The van der Waals surface area contributed by atoms with E-state index in [0.29, 0.717) is 0 Å². The van der Waals surface area contributed by atoms with Crippen molar-refractivity contribution in [3.05, 3.63) is 279 Å². The maximum Gasteiger partial charge on any atom is 0.179 e. The number of nitrogens with zero attached hydrogens (tertiary/aromatic N) is 2. The van der Waals surface area contributed by atoms with Gasteiger partial charge >= 0.3 is 0 Å². The highest BCUT2D eigenvalue weighted by Crippen LogP contribution is 2.42. The number of hydrogen-bond donors (Lipinski definition) is 0. The van der Waals surface area contributed by atoms with Crippen molar-refractivity contribution in [1.29, 1.82) is 0 Å². The van der Waals surface area contributed by atoms with Gasteiger partial charge in [0.25, 0.3) is 0 Å². The van der Waals surface area contributed by atoms with Crippen LogP contribution in [0.1, 0.15) is 0 Å². The van der Waals surface area contributed by atoms with Crippen LogP contribution in [0.25, 0.3) is 60.5 Å². The third-order valence-corrected chi connectivity index (χ3v) is 18.3. The fourth-order valence-corrected chi connectivity index (χ4v) is 15.2. The fraction of sp³-hybridized carbons (Fsp3) is 0. The summed E-state index contributed by atoms with van der Waals surface area (Å²) in [6, 6.07) is 103. The van der Waals surface area contributed by atoms with E-state index in [1.54, 1.807) is 0 Å². The van der Waals surface area contributed by atoms with Gasteiger partial charge in [0.15, 0.2) is 8.07 Å². The van der Waals surface area contributed by atoms with Gasteiger partial charge in [0, 0.05) is 33.4 Å². The molecule has 1 aromatic heterocycles. The summed E-state index contributed by atoms with van der Waals surface area (Å²) < 4.78 is 2.42. The first-order valence-electron chi connectivity index (χ1n) is 23.1. The van der Waals surface area contributed by atoms with Gasteiger partial charge in [0.1, 0.15) is 0 Å². The molecule has 0 radical (unpaired) electrons. The number of fused-ring (bicyclic) bond motifs is 4. The Kier molecular flexibility index (Phi) is 10.2. The summed E-state index contributed by atoms with van der Waals surface area (Å²) in [7, 11) is -2.71. The molecule has 0 fully saturated rings. The first-order valence-corrected chi connectivity index (χ1v) is 25.1. The van der Waals surface area contributed by atoms with Crippen LogP contribution < -0.4 is 25.6 Å². The Morgan fingerprint density at radius 1 is 0.299 bits per heavy atom. The monoisotopic (exact) mass is 870 g/mol. The van der Waals surface area contributed by atoms with Gasteiger partial charge in [-0.15, -0.1) is 0 Å². The van der Waals surface area contributed by atoms with Gasteiger partial charge in [-0.1, -0.05) is 218 Å². The first-order chi connectivity index (χ1) is 33.2. The molecule has 0 aliphatic carbocycles. The molecule has 2 nitrogen and oxygen atoms in total. The molecule has 0 saturated heterocycles. The van der Waals surface area contributed by atoms with Crippen LogP contribution >= 0.6 is 0 Å². The summed E-state index contributed by atoms with van der Waals surface area (Å²) in [5, 5.41) is 10.4. The topological polar surface area (TPSA) is 8.17 Å². The molecule has 0 atom stereocenters. The number of aromatic nitrogens is 1. The highest BCUT2D eigenvalue weighted by Gasteiger charge is 2.41. The third-order valence-electron chi connectivity index (χ3n) is 13.5. The van der Waals surface area contributed by atoms with Crippen LogP contribution in [-0.2, 0) is 0 Å². The zero-order valence-electron chi connectivity index (χ0n) is 37.0. The van der Waals surface area contributed by atoms with Crippen molar-refractivity contribution < 1.29 is 0 Å². The van der Waals surface area contributed by atoms with Crippen molar-refractivity contribution >= 4 is 78.5 Å². The van der Waals surface area contributed by atoms with Crippen LogP contribution in [0.5, 0.6) is 0 Å². The molecule has 3 heteroatoms. The van der Waals surface area contributed by atoms with E-state index in [4.69, 9.17) is 0 Å². The smallest absolute Gasteiger partial charge is 0.179 e. The predicted molar refractivity (Wildman–Crippen MR) is 287 cm³/mol. The molecular formula is C64H46N2Si. The summed E-state index contributed by atoms with van der Waals surface area (Å²) in [6.45, 7) is 0. The summed E-state index contributed by atoms with van der Waals surface area (Å²) in [5.41, 5.74) is 11.5. The molecule has 0 aliphatic rings. The van der Waals surface area contributed by atoms with Gasteiger partial charge in [-0.2, -0.15) is 0 Å². The van der Waals surface area contributed by atoms with Gasteiger partial charge < -0.3 is 9.47 Å². The lowest BCUT2D eigenvalue weighted by Crippen LogP contribution is -2.74. The molecule has 0 spiro atoms. The van der Waals surface area contributed by atoms with Gasteiger partial charge in [-0.3, -0.25) is 0 Å². The Bertz CT molecular complexity index is 3560. The van der Waals surface area contributed by atoms with E-state index in [0.717, 1.165) is 28.3 Å². The Morgan fingerprint density at radius 2 is 0.791 bits per heavy atom. The van der Waals surface area contributed by atoms with Crippen molar-refractivity contribution in [2.45, 2.75) is 0 Å². The molecule has 67 heavy (non-hydrogen) atoms. The molecule has 0 amide bonds. The lowest BCUT2D eigenvalue weighted by Gasteiger charge is -2.35. The molecular weight excluding hydrogens is 825 g/mol. The van der Waals surface area contributed by atoms with Crippen LogP contribution in [0.15, 0.2) is 279 Å². The second-order valence-electron chi connectivity index (χ2n) is 17.3. The van der Waals surface area contributed by atoms with E-state index in [-0.39, 0.29) is 0 Å². The fourth-order valence-electron chi connectivity index (χ4n) is 10.4. The summed E-state index contributed by atoms with van der Waals surface area (Å²) in [4.78, 5) is 2.42. The van der Waals surface area contributed by atoms with E-state index >= 15 is 0 Å². The zero-order chi connectivity index (χ0) is 44.6. The zero-order valence-corrected chi connectivity index (χ0v) is 38.0. The third kappa shape index (κ3) is 7.05. The molecule has 0 saturated carbocycles. The van der Waals surface area contributed by atoms with Crippen molar-refractivity contribution in [2.75, 3.05) is 4.90 Å². The van der Waals surface area contributed by atoms with Gasteiger partial charge in [0.05, 0.1) is 16.7 Å². The minimum Gasteiger partial charge on any atom is -0.310 e. The summed E-state index contributed by atoms with van der Waals surface area (Å²) in [5.74, 6) is 0. The second-order valence-corrected chi connectivity index (χ2v) is 21.1. The SMILES string of the molecule is c1ccc(-c2ccccc2N(c2ccc(-c3cccc(-n4c5ccccc5c5cc6ccccc6cc54)c3)cc2)c2ccc([Si](c3ccccc3)(c3ccccc3)c3ccccc3)cc2)cc1. The average Bonchev–Trinajstić information content (AvgIpc) is 3.73. The van der Waals surface area contributed by atoms with Crippen molar-refractivity contribution in [3.63, 3.8) is 0 Å². The van der Waals surface area contributed by atoms with Gasteiger partial charge in [-0.25, -0.2) is 0 Å². The highest BCUT2D eigenvalue weighted by atomic mass is 28.3. The molecule has 11 aromatic carbocycles. The lowest BCUT2D eigenvalue weighted by molar-refractivity contribution is 1.18. The lowest BCUT2D eigenvalue weighted by atomic mass is 10.0. The minimum atomic E-state index is -2.71. The standard InChI is InChI=1S/C64H46N2Si/c1-5-20-48(21-6-1)59-32-15-17-34-62(59)65(53-40-42-58(43-41-53)67(55-26-7-2-8-27-55,56-28-9-3-10-29-56)57-30-11-4-12-31-57)52-38-36-47(37-39-52)49-24-19-25-54(44-49)66-63-35-18-16-33-60(63)61-45-50-22-13-14-23-51(50)46-64(61)66/h1-46H. The van der Waals surface area contributed by atoms with E-state index in [1.165, 1.54) is 70.0 Å². The highest BCUT2D eigenvalue weighted by molar-refractivity contribution is 7.19. The molecule has 12 aromatic rings. The van der Waals surface area contributed by atoms with Crippen LogP contribution in [0.4, 0.5) is 17.1 Å². The maximum absolute atomic E-state index is 2.71. The quantitative estimate of drug-likeness (QED) is 0.0982. The number of anilines is 3. The number of hydrogen-bond acceptors (Lipinski definition) is 1. The number of benzene rings is 11.